The number of rotatable bonds is 4. The van der Waals surface area contributed by atoms with Gasteiger partial charge in [-0.1, -0.05) is 11.6 Å². The summed E-state index contributed by atoms with van der Waals surface area (Å²) in [6, 6.07) is 0.174. The van der Waals surface area contributed by atoms with Crippen LogP contribution in [0.3, 0.4) is 0 Å². The fraction of sp³-hybridized carbons (Fsp3) is 0.750. The van der Waals surface area contributed by atoms with E-state index in [4.69, 9.17) is 10.3 Å². The number of aromatic nitrogens is 2. The molecule has 6 heteroatoms. The van der Waals surface area contributed by atoms with E-state index >= 15 is 0 Å². The van der Waals surface area contributed by atoms with Crippen LogP contribution in [0.15, 0.2) is 4.52 Å². The number of amides is 1. The van der Waals surface area contributed by atoms with Crippen LogP contribution in [0.5, 0.6) is 0 Å². The summed E-state index contributed by atoms with van der Waals surface area (Å²) >= 11 is 0. The van der Waals surface area contributed by atoms with Crippen molar-refractivity contribution in [3.8, 4) is 0 Å². The predicted octanol–water partition coefficient (Wildman–Crippen LogP) is 0.554. The lowest BCUT2D eigenvalue weighted by Crippen LogP contribution is -2.38. The Morgan fingerprint density at radius 1 is 1.56 bits per heavy atom. The molecular weight excluding hydrogens is 232 g/mol. The quantitative estimate of drug-likeness (QED) is 0.816. The third-order valence-electron chi connectivity index (χ3n) is 3.29. The molecule has 1 amide bonds. The van der Waals surface area contributed by atoms with Crippen LogP contribution in [0.2, 0.25) is 0 Å². The summed E-state index contributed by atoms with van der Waals surface area (Å²) < 4.78 is 4.98. The molecule has 1 saturated carbocycles. The Balaban J connectivity index is 1.71. The third kappa shape index (κ3) is 3.53. The Kier molecular flexibility index (Phi) is 4.30. The van der Waals surface area contributed by atoms with E-state index in [1.807, 2.05) is 0 Å². The number of carbonyl (C=O) groups is 1. The first-order valence-corrected chi connectivity index (χ1v) is 6.47. The summed E-state index contributed by atoms with van der Waals surface area (Å²) in [6.07, 6.45) is 4.39. The standard InChI is InChI=1S/C12H20N4O2/c1-8-15-11(18-16-8)5-6-14-12(17)9-3-2-4-10(13)7-9/h9-10H,2-7,13H2,1H3,(H,14,17). The minimum atomic E-state index is 0.0678. The molecular formula is C12H20N4O2. The predicted molar refractivity (Wildman–Crippen MR) is 65.7 cm³/mol. The Labute approximate surface area is 106 Å². The maximum absolute atomic E-state index is 11.9. The van der Waals surface area contributed by atoms with Crippen molar-refractivity contribution in [3.05, 3.63) is 11.7 Å². The van der Waals surface area contributed by atoms with E-state index < -0.39 is 0 Å². The number of nitrogens with zero attached hydrogens (tertiary/aromatic N) is 2. The normalized spacial score (nSPS) is 23.9. The summed E-state index contributed by atoms with van der Waals surface area (Å²) in [5.41, 5.74) is 5.87. The SMILES string of the molecule is Cc1noc(CCNC(=O)C2CCCC(N)C2)n1. The maximum atomic E-state index is 11.9. The zero-order valence-corrected chi connectivity index (χ0v) is 10.7. The van der Waals surface area contributed by atoms with Crippen LogP contribution in [0.25, 0.3) is 0 Å². The number of hydrogen-bond donors (Lipinski definition) is 2. The topological polar surface area (TPSA) is 94.0 Å². The molecule has 0 bridgehead atoms. The number of aryl methyl sites for hydroxylation is 1. The molecule has 1 aromatic heterocycles. The molecule has 2 atom stereocenters. The molecule has 1 fully saturated rings. The van der Waals surface area contributed by atoms with Crippen LogP contribution < -0.4 is 11.1 Å². The van der Waals surface area contributed by atoms with E-state index in [2.05, 4.69) is 15.5 Å². The van der Waals surface area contributed by atoms with Gasteiger partial charge in [-0.15, -0.1) is 0 Å². The smallest absolute Gasteiger partial charge is 0.228 e. The molecule has 2 rings (SSSR count). The lowest BCUT2D eigenvalue weighted by molar-refractivity contribution is -0.126. The van der Waals surface area contributed by atoms with Gasteiger partial charge in [0.15, 0.2) is 5.82 Å². The van der Waals surface area contributed by atoms with Crippen molar-refractivity contribution in [2.75, 3.05) is 6.54 Å². The van der Waals surface area contributed by atoms with Crippen LogP contribution in [0.1, 0.15) is 37.4 Å². The van der Waals surface area contributed by atoms with E-state index in [1.54, 1.807) is 6.92 Å². The second-order valence-electron chi connectivity index (χ2n) is 4.90. The van der Waals surface area contributed by atoms with Gasteiger partial charge < -0.3 is 15.6 Å². The first-order chi connectivity index (χ1) is 8.65. The molecule has 0 spiro atoms. The largest absolute Gasteiger partial charge is 0.355 e. The van der Waals surface area contributed by atoms with Crippen LogP contribution in [0.4, 0.5) is 0 Å². The number of hydrogen-bond acceptors (Lipinski definition) is 5. The van der Waals surface area contributed by atoms with Crippen molar-refractivity contribution >= 4 is 5.91 Å². The highest BCUT2D eigenvalue weighted by Crippen LogP contribution is 2.22. The van der Waals surface area contributed by atoms with Crippen molar-refractivity contribution in [2.24, 2.45) is 11.7 Å². The Morgan fingerprint density at radius 3 is 3.06 bits per heavy atom. The molecule has 18 heavy (non-hydrogen) atoms. The van der Waals surface area contributed by atoms with Crippen molar-refractivity contribution in [1.82, 2.24) is 15.5 Å². The fourth-order valence-electron chi connectivity index (χ4n) is 2.34. The highest BCUT2D eigenvalue weighted by Gasteiger charge is 2.24. The fourth-order valence-corrected chi connectivity index (χ4v) is 2.34. The molecule has 0 radical (unpaired) electrons. The lowest BCUT2D eigenvalue weighted by Gasteiger charge is -2.25. The van der Waals surface area contributed by atoms with Crippen molar-refractivity contribution in [2.45, 2.75) is 45.1 Å². The van der Waals surface area contributed by atoms with Crippen LogP contribution in [-0.2, 0) is 11.2 Å². The Morgan fingerprint density at radius 2 is 2.39 bits per heavy atom. The van der Waals surface area contributed by atoms with E-state index in [1.165, 1.54) is 0 Å². The zero-order valence-electron chi connectivity index (χ0n) is 10.7. The molecule has 2 unspecified atom stereocenters. The van der Waals surface area contributed by atoms with Gasteiger partial charge in [0.05, 0.1) is 0 Å². The summed E-state index contributed by atoms with van der Waals surface area (Å²) in [5, 5.41) is 6.61. The highest BCUT2D eigenvalue weighted by molar-refractivity contribution is 5.78. The van der Waals surface area contributed by atoms with Crippen molar-refractivity contribution < 1.29 is 9.32 Å². The van der Waals surface area contributed by atoms with Gasteiger partial charge in [-0.3, -0.25) is 4.79 Å². The summed E-state index contributed by atoms with van der Waals surface area (Å²) in [6.45, 7) is 2.31. The number of nitrogens with two attached hydrogens (primary N) is 1. The molecule has 1 aromatic rings. The summed E-state index contributed by atoms with van der Waals surface area (Å²) in [7, 11) is 0. The van der Waals surface area contributed by atoms with E-state index in [0.717, 1.165) is 25.7 Å². The zero-order chi connectivity index (χ0) is 13.0. The third-order valence-corrected chi connectivity index (χ3v) is 3.29. The van der Waals surface area contributed by atoms with E-state index in [9.17, 15) is 4.79 Å². The minimum Gasteiger partial charge on any atom is -0.355 e. The molecule has 1 aliphatic carbocycles. The van der Waals surface area contributed by atoms with E-state index in [0.29, 0.717) is 24.7 Å². The molecule has 6 nitrogen and oxygen atoms in total. The Bertz CT molecular complexity index is 405. The average Bonchev–Trinajstić information content (AvgIpc) is 2.75. The lowest BCUT2D eigenvalue weighted by atomic mass is 9.85. The number of carbonyl (C=O) groups excluding carboxylic acids is 1. The molecule has 0 aromatic carbocycles. The maximum Gasteiger partial charge on any atom is 0.228 e. The van der Waals surface area contributed by atoms with Crippen LogP contribution >= 0.6 is 0 Å². The molecule has 100 valence electrons. The van der Waals surface area contributed by atoms with Gasteiger partial charge in [0, 0.05) is 24.9 Å². The van der Waals surface area contributed by atoms with E-state index in [-0.39, 0.29) is 17.9 Å². The number of nitrogens with one attached hydrogen (secondary N) is 1. The van der Waals surface area contributed by atoms with Crippen LogP contribution in [0, 0.1) is 12.8 Å². The monoisotopic (exact) mass is 252 g/mol. The molecule has 0 saturated heterocycles. The molecule has 3 N–H and O–H groups in total. The minimum absolute atomic E-state index is 0.0678. The summed E-state index contributed by atoms with van der Waals surface area (Å²) in [5.74, 6) is 1.35. The van der Waals surface area contributed by atoms with Gasteiger partial charge in [0.25, 0.3) is 0 Å². The second kappa shape index (κ2) is 5.95. The van der Waals surface area contributed by atoms with Crippen molar-refractivity contribution in [1.29, 1.82) is 0 Å². The van der Waals surface area contributed by atoms with Gasteiger partial charge >= 0.3 is 0 Å². The van der Waals surface area contributed by atoms with Gasteiger partial charge in [-0.25, -0.2) is 0 Å². The first kappa shape index (κ1) is 13.0. The van der Waals surface area contributed by atoms with Gasteiger partial charge in [0.1, 0.15) is 0 Å². The van der Waals surface area contributed by atoms with Gasteiger partial charge in [0.2, 0.25) is 11.8 Å². The summed E-state index contributed by atoms with van der Waals surface area (Å²) in [4.78, 5) is 16.0. The van der Waals surface area contributed by atoms with Crippen LogP contribution in [-0.4, -0.2) is 28.6 Å². The molecule has 0 aliphatic heterocycles. The van der Waals surface area contributed by atoms with Gasteiger partial charge in [-0.05, 0) is 26.2 Å². The van der Waals surface area contributed by atoms with Crippen molar-refractivity contribution in [3.63, 3.8) is 0 Å². The Hall–Kier alpha value is -1.43. The molecule has 1 heterocycles. The highest BCUT2D eigenvalue weighted by atomic mass is 16.5. The molecule has 1 aliphatic rings. The second-order valence-corrected chi connectivity index (χ2v) is 4.90. The average molecular weight is 252 g/mol. The van der Waals surface area contributed by atoms with Gasteiger partial charge in [-0.2, -0.15) is 4.98 Å². The first-order valence-electron chi connectivity index (χ1n) is 6.47.